The molecule has 2 aliphatic rings. The fraction of sp³-hybridized carbons (Fsp3) is 0.156. The molecule has 4 aromatic rings. The van der Waals surface area contributed by atoms with Crippen molar-refractivity contribution in [3.8, 4) is 5.75 Å². The zero-order chi connectivity index (χ0) is 27.0. The molecule has 39 heavy (non-hydrogen) atoms. The van der Waals surface area contributed by atoms with Gasteiger partial charge in [-0.25, -0.2) is 10.0 Å². The standard InChI is InChI=1S/C32H28N4O2S/c1-4-23-14-16-24(17-15-23)30-28-12-8-9-13-29(28)32(35(33-30)25-10-6-5-7-11-25)36(34-31(39-32)22(2)37)26-18-20-27(38-3)21-19-26/h5-21H,4H2,1-3H3/t32-/m0/s1. The zero-order valence-electron chi connectivity index (χ0n) is 22.0. The van der Waals surface area contributed by atoms with Crippen molar-refractivity contribution in [2.45, 2.75) is 25.3 Å². The third kappa shape index (κ3) is 4.19. The van der Waals surface area contributed by atoms with Crippen LogP contribution in [-0.2, 0) is 16.2 Å². The molecule has 0 saturated carbocycles. The number of fused-ring (bicyclic) bond motifs is 2. The second-order valence-corrected chi connectivity index (χ2v) is 10.5. The molecule has 0 unspecified atom stereocenters. The predicted molar refractivity (Wildman–Crippen MR) is 160 cm³/mol. The topological polar surface area (TPSA) is 57.5 Å². The summed E-state index contributed by atoms with van der Waals surface area (Å²) < 4.78 is 5.41. The van der Waals surface area contributed by atoms with Gasteiger partial charge in [0.2, 0.25) is 4.99 Å². The molecule has 0 radical (unpaired) electrons. The molecule has 6 nitrogen and oxygen atoms in total. The molecule has 6 rings (SSSR count). The van der Waals surface area contributed by atoms with Crippen LogP contribution in [-0.4, -0.2) is 23.6 Å². The van der Waals surface area contributed by atoms with Crippen molar-refractivity contribution in [1.29, 1.82) is 0 Å². The highest BCUT2D eigenvalue weighted by molar-refractivity contribution is 8.17. The Bertz CT molecular complexity index is 1580. The van der Waals surface area contributed by atoms with Crippen LogP contribution in [0.3, 0.4) is 0 Å². The smallest absolute Gasteiger partial charge is 0.234 e. The van der Waals surface area contributed by atoms with E-state index in [2.05, 4.69) is 43.3 Å². The highest BCUT2D eigenvalue weighted by atomic mass is 32.2. The molecule has 0 fully saturated rings. The minimum Gasteiger partial charge on any atom is -0.497 e. The summed E-state index contributed by atoms with van der Waals surface area (Å²) >= 11 is 1.42. The van der Waals surface area contributed by atoms with Crippen LogP contribution in [0.25, 0.3) is 0 Å². The van der Waals surface area contributed by atoms with Crippen LogP contribution in [0.15, 0.2) is 113 Å². The zero-order valence-corrected chi connectivity index (χ0v) is 22.9. The first kappa shape index (κ1) is 24.9. The van der Waals surface area contributed by atoms with Gasteiger partial charge in [-0.1, -0.05) is 73.7 Å². The van der Waals surface area contributed by atoms with Crippen molar-refractivity contribution >= 4 is 39.7 Å². The number of nitrogens with zero attached hydrogens (tertiary/aromatic N) is 4. The summed E-state index contributed by atoms with van der Waals surface area (Å²) in [7, 11) is 1.64. The van der Waals surface area contributed by atoms with Crippen LogP contribution in [0.4, 0.5) is 11.4 Å². The van der Waals surface area contributed by atoms with Crippen LogP contribution in [0.1, 0.15) is 36.1 Å². The highest BCUT2D eigenvalue weighted by Crippen LogP contribution is 2.55. The normalized spacial score (nSPS) is 18.0. The lowest BCUT2D eigenvalue weighted by atomic mass is 9.92. The first-order valence-electron chi connectivity index (χ1n) is 12.9. The average molecular weight is 533 g/mol. The number of hydrogen-bond acceptors (Lipinski definition) is 7. The fourth-order valence-corrected chi connectivity index (χ4v) is 6.27. The molecule has 0 aromatic heterocycles. The third-order valence-electron chi connectivity index (χ3n) is 6.99. The Balaban J connectivity index is 1.62. The Morgan fingerprint density at radius 2 is 1.46 bits per heavy atom. The summed E-state index contributed by atoms with van der Waals surface area (Å²) in [6.07, 6.45) is 0.973. The number of hydrogen-bond donors (Lipinski definition) is 0. The van der Waals surface area contributed by atoms with Crippen LogP contribution < -0.4 is 14.8 Å². The number of anilines is 2. The van der Waals surface area contributed by atoms with Crippen molar-refractivity contribution in [3.05, 3.63) is 125 Å². The molecule has 1 spiro atoms. The number of Topliss-reactive ketones (excluding diaryl/α,β-unsaturated/α-hetero) is 1. The SMILES string of the molecule is CCc1ccc(C2=NN(c3ccccc3)[C@@]3(SC(C(C)=O)=NN3c3ccc(OC)cc3)c3ccccc32)cc1. The van der Waals surface area contributed by atoms with Crippen LogP contribution in [0.5, 0.6) is 5.75 Å². The van der Waals surface area contributed by atoms with Gasteiger partial charge in [0.1, 0.15) is 5.75 Å². The van der Waals surface area contributed by atoms with E-state index in [9.17, 15) is 4.79 Å². The Kier molecular flexibility index (Phi) is 6.45. The number of hydrazone groups is 2. The van der Waals surface area contributed by atoms with Crippen LogP contribution in [0, 0.1) is 0 Å². The molecular formula is C32H28N4O2S. The fourth-order valence-electron chi connectivity index (χ4n) is 4.98. The summed E-state index contributed by atoms with van der Waals surface area (Å²) in [5, 5.41) is 14.6. The second-order valence-electron chi connectivity index (χ2n) is 9.37. The molecule has 7 heteroatoms. The molecule has 194 valence electrons. The number of methoxy groups -OCH3 is 1. The predicted octanol–water partition coefficient (Wildman–Crippen LogP) is 6.80. The molecule has 0 bridgehead atoms. The van der Waals surface area contributed by atoms with Crippen molar-refractivity contribution in [3.63, 3.8) is 0 Å². The molecule has 2 heterocycles. The van der Waals surface area contributed by atoms with E-state index >= 15 is 0 Å². The van der Waals surface area contributed by atoms with Crippen molar-refractivity contribution in [1.82, 2.24) is 0 Å². The Hall–Kier alpha value is -4.36. The molecular weight excluding hydrogens is 504 g/mol. The largest absolute Gasteiger partial charge is 0.497 e. The molecule has 4 aromatic carbocycles. The molecule has 0 saturated heterocycles. The minimum absolute atomic E-state index is 0.0918. The van der Waals surface area contributed by atoms with E-state index in [4.69, 9.17) is 14.9 Å². The first-order chi connectivity index (χ1) is 19.0. The van der Waals surface area contributed by atoms with Crippen molar-refractivity contribution in [2.24, 2.45) is 10.2 Å². The number of ether oxygens (including phenoxy) is 1. The van der Waals surface area contributed by atoms with Gasteiger partial charge in [-0.2, -0.15) is 10.2 Å². The van der Waals surface area contributed by atoms with Crippen LogP contribution in [0.2, 0.25) is 0 Å². The van der Waals surface area contributed by atoms with Crippen molar-refractivity contribution in [2.75, 3.05) is 17.1 Å². The maximum absolute atomic E-state index is 12.8. The number of rotatable bonds is 6. The molecule has 2 aliphatic heterocycles. The van der Waals surface area contributed by atoms with Gasteiger partial charge in [0.15, 0.2) is 10.8 Å². The Morgan fingerprint density at radius 3 is 2.13 bits per heavy atom. The lowest BCUT2D eigenvalue weighted by molar-refractivity contribution is -0.110. The monoisotopic (exact) mass is 532 g/mol. The van der Waals surface area contributed by atoms with E-state index in [-0.39, 0.29) is 5.78 Å². The summed E-state index contributed by atoms with van der Waals surface area (Å²) in [5.41, 5.74) is 6.88. The summed E-state index contributed by atoms with van der Waals surface area (Å²) in [6, 6.07) is 34.7. The van der Waals surface area contributed by atoms with Crippen molar-refractivity contribution < 1.29 is 9.53 Å². The maximum atomic E-state index is 12.8. The van der Waals surface area contributed by atoms with E-state index in [1.807, 2.05) is 76.7 Å². The third-order valence-corrected chi connectivity index (χ3v) is 8.40. The minimum atomic E-state index is -0.972. The molecule has 0 N–H and O–H groups in total. The van der Waals surface area contributed by atoms with E-state index < -0.39 is 4.99 Å². The molecule has 0 amide bonds. The lowest BCUT2D eigenvalue weighted by Crippen LogP contribution is -2.54. The average Bonchev–Trinajstić information content (AvgIpc) is 3.39. The lowest BCUT2D eigenvalue weighted by Gasteiger charge is -2.47. The number of para-hydroxylation sites is 1. The Morgan fingerprint density at radius 1 is 0.821 bits per heavy atom. The summed E-state index contributed by atoms with van der Waals surface area (Å²) in [5.74, 6) is 0.654. The van der Waals surface area contributed by atoms with Gasteiger partial charge in [0, 0.05) is 23.6 Å². The quantitative estimate of drug-likeness (QED) is 0.273. The molecule has 0 aliphatic carbocycles. The van der Waals surface area contributed by atoms with Gasteiger partial charge < -0.3 is 4.74 Å². The van der Waals surface area contributed by atoms with E-state index in [0.717, 1.165) is 45.9 Å². The summed E-state index contributed by atoms with van der Waals surface area (Å²) in [6.45, 7) is 3.71. The van der Waals surface area contributed by atoms with Gasteiger partial charge in [-0.3, -0.25) is 4.79 Å². The number of carbonyl (C=O) groups is 1. The van der Waals surface area contributed by atoms with Gasteiger partial charge in [-0.15, -0.1) is 0 Å². The van der Waals surface area contributed by atoms with Gasteiger partial charge >= 0.3 is 0 Å². The maximum Gasteiger partial charge on any atom is 0.234 e. The number of benzene rings is 4. The van der Waals surface area contributed by atoms with E-state index in [0.29, 0.717) is 5.04 Å². The highest BCUT2D eigenvalue weighted by Gasteiger charge is 2.55. The second kappa shape index (κ2) is 10.1. The number of aryl methyl sites for hydroxylation is 1. The number of thioether (sulfide) groups is 1. The van der Waals surface area contributed by atoms with E-state index in [1.54, 1.807) is 14.0 Å². The van der Waals surface area contributed by atoms with Crippen LogP contribution >= 0.6 is 11.8 Å². The summed E-state index contributed by atoms with van der Waals surface area (Å²) in [4.78, 5) is 11.8. The van der Waals surface area contributed by atoms with Gasteiger partial charge in [0.25, 0.3) is 0 Å². The van der Waals surface area contributed by atoms with E-state index in [1.165, 1.54) is 17.3 Å². The molecule has 1 atom stereocenters. The number of ketones is 1. The van der Waals surface area contributed by atoms with Gasteiger partial charge in [0.05, 0.1) is 24.2 Å². The number of carbonyl (C=O) groups excluding carboxylic acids is 1. The first-order valence-corrected chi connectivity index (χ1v) is 13.7. The Labute approximate surface area is 232 Å². The van der Waals surface area contributed by atoms with Gasteiger partial charge in [-0.05, 0) is 60.1 Å².